The lowest BCUT2D eigenvalue weighted by Crippen LogP contribution is -2.48. The van der Waals surface area contributed by atoms with E-state index in [2.05, 4.69) is 10.6 Å². The van der Waals surface area contributed by atoms with Crippen molar-refractivity contribution in [2.75, 3.05) is 18.9 Å². The summed E-state index contributed by atoms with van der Waals surface area (Å²) < 4.78 is 13.1. The van der Waals surface area contributed by atoms with Gasteiger partial charge < -0.3 is 10.6 Å². The van der Waals surface area contributed by atoms with Gasteiger partial charge in [-0.05, 0) is 45.0 Å². The first-order valence-corrected chi connectivity index (χ1v) is 8.01. The molecule has 0 aliphatic heterocycles. The zero-order chi connectivity index (χ0) is 16.8. The number of rotatable bonds is 6. The van der Waals surface area contributed by atoms with Crippen LogP contribution in [0.4, 0.5) is 10.1 Å². The van der Waals surface area contributed by atoms with E-state index in [-0.39, 0.29) is 24.4 Å². The van der Waals surface area contributed by atoms with Gasteiger partial charge in [-0.1, -0.05) is 18.9 Å². The molecule has 5 nitrogen and oxygen atoms in total. The number of carbonyl (C=O) groups is 2. The first-order valence-electron chi connectivity index (χ1n) is 8.01. The highest BCUT2D eigenvalue weighted by Crippen LogP contribution is 2.17. The molecule has 1 saturated carbocycles. The van der Waals surface area contributed by atoms with E-state index in [4.69, 9.17) is 0 Å². The number of amides is 2. The molecule has 0 unspecified atom stereocenters. The van der Waals surface area contributed by atoms with Crippen molar-refractivity contribution < 1.29 is 14.0 Å². The number of benzene rings is 1. The first kappa shape index (κ1) is 17.4. The highest BCUT2D eigenvalue weighted by molar-refractivity contribution is 5.92. The van der Waals surface area contributed by atoms with E-state index in [1.165, 1.54) is 18.2 Å². The van der Waals surface area contributed by atoms with Crippen molar-refractivity contribution in [2.24, 2.45) is 0 Å². The summed E-state index contributed by atoms with van der Waals surface area (Å²) in [4.78, 5) is 25.9. The summed E-state index contributed by atoms with van der Waals surface area (Å²) in [6.45, 7) is 1.84. The van der Waals surface area contributed by atoms with Gasteiger partial charge >= 0.3 is 0 Å². The van der Waals surface area contributed by atoms with Gasteiger partial charge in [0.25, 0.3) is 0 Å². The molecule has 1 aromatic rings. The Bertz CT molecular complexity index is 559. The quantitative estimate of drug-likeness (QED) is 0.844. The van der Waals surface area contributed by atoms with Gasteiger partial charge in [-0.15, -0.1) is 0 Å². The van der Waals surface area contributed by atoms with Crippen molar-refractivity contribution in [3.63, 3.8) is 0 Å². The molecule has 6 heteroatoms. The van der Waals surface area contributed by atoms with Gasteiger partial charge in [0, 0.05) is 11.7 Å². The van der Waals surface area contributed by atoms with E-state index in [0.29, 0.717) is 5.69 Å². The lowest BCUT2D eigenvalue weighted by atomic mass is 10.2. The topological polar surface area (TPSA) is 61.4 Å². The predicted molar refractivity (Wildman–Crippen MR) is 87.5 cm³/mol. The third kappa shape index (κ3) is 5.32. The van der Waals surface area contributed by atoms with Gasteiger partial charge in [0.2, 0.25) is 11.8 Å². The van der Waals surface area contributed by atoms with Crippen LogP contribution >= 0.6 is 0 Å². The van der Waals surface area contributed by atoms with Crippen molar-refractivity contribution in [3.05, 3.63) is 30.1 Å². The number of nitrogens with one attached hydrogen (secondary N) is 2. The summed E-state index contributed by atoms with van der Waals surface area (Å²) in [7, 11) is 1.73. The molecule has 0 saturated heterocycles. The summed E-state index contributed by atoms with van der Waals surface area (Å²) in [5.74, 6) is -0.739. The van der Waals surface area contributed by atoms with Crippen molar-refractivity contribution >= 4 is 17.5 Å². The van der Waals surface area contributed by atoms with E-state index in [1.54, 1.807) is 24.9 Å². The third-order valence-electron chi connectivity index (χ3n) is 4.24. The fourth-order valence-corrected chi connectivity index (χ4v) is 2.72. The van der Waals surface area contributed by atoms with Gasteiger partial charge in [-0.2, -0.15) is 0 Å². The normalized spacial score (nSPS) is 16.3. The number of halogens is 1. The van der Waals surface area contributed by atoms with Crippen LogP contribution in [0.25, 0.3) is 0 Å². The summed E-state index contributed by atoms with van der Waals surface area (Å²) >= 11 is 0. The number of anilines is 1. The Labute approximate surface area is 136 Å². The van der Waals surface area contributed by atoms with Crippen LogP contribution in [-0.2, 0) is 9.59 Å². The SMILES string of the molecule is C[C@H](C(=O)NC1CCCC1)N(C)CC(=O)Nc1cccc(F)c1. The zero-order valence-electron chi connectivity index (χ0n) is 13.6. The minimum atomic E-state index is -0.402. The van der Waals surface area contributed by atoms with Gasteiger partial charge in [-0.3, -0.25) is 14.5 Å². The minimum Gasteiger partial charge on any atom is -0.352 e. The second-order valence-corrected chi connectivity index (χ2v) is 6.14. The molecule has 1 aliphatic rings. The molecular formula is C17H24FN3O2. The molecule has 0 bridgehead atoms. The average Bonchev–Trinajstić information content (AvgIpc) is 2.99. The Morgan fingerprint density at radius 1 is 1.35 bits per heavy atom. The first-order chi connectivity index (χ1) is 11.0. The smallest absolute Gasteiger partial charge is 0.238 e. The molecule has 0 heterocycles. The van der Waals surface area contributed by atoms with Crippen LogP contribution in [-0.4, -0.2) is 42.4 Å². The van der Waals surface area contributed by atoms with Crippen molar-refractivity contribution in [3.8, 4) is 0 Å². The number of hydrogen-bond donors (Lipinski definition) is 2. The molecule has 2 N–H and O–H groups in total. The number of nitrogens with zero attached hydrogens (tertiary/aromatic N) is 1. The average molecular weight is 321 g/mol. The van der Waals surface area contributed by atoms with Gasteiger partial charge in [0.05, 0.1) is 12.6 Å². The molecule has 0 radical (unpaired) electrons. The van der Waals surface area contributed by atoms with E-state index in [1.807, 2.05) is 0 Å². The van der Waals surface area contributed by atoms with Crippen molar-refractivity contribution in [1.82, 2.24) is 10.2 Å². The lowest BCUT2D eigenvalue weighted by Gasteiger charge is -2.25. The van der Waals surface area contributed by atoms with Crippen LogP contribution in [0.5, 0.6) is 0 Å². The number of carbonyl (C=O) groups excluding carboxylic acids is 2. The summed E-state index contributed by atoms with van der Waals surface area (Å²) in [5.41, 5.74) is 0.409. The molecule has 1 fully saturated rings. The molecule has 1 aliphatic carbocycles. The zero-order valence-corrected chi connectivity index (χ0v) is 13.6. The second kappa shape index (κ2) is 8.06. The molecule has 2 amide bonds. The fraction of sp³-hybridized carbons (Fsp3) is 0.529. The van der Waals surface area contributed by atoms with Gasteiger partial charge in [0.15, 0.2) is 0 Å². The van der Waals surface area contributed by atoms with Crippen LogP contribution in [0.15, 0.2) is 24.3 Å². The molecule has 126 valence electrons. The van der Waals surface area contributed by atoms with Crippen molar-refractivity contribution in [2.45, 2.75) is 44.7 Å². The molecule has 0 aromatic heterocycles. The van der Waals surface area contributed by atoms with E-state index < -0.39 is 11.9 Å². The Kier molecular flexibility index (Phi) is 6.10. The Morgan fingerprint density at radius 3 is 2.70 bits per heavy atom. The molecule has 1 aromatic carbocycles. The molecule has 0 spiro atoms. The van der Waals surface area contributed by atoms with Crippen LogP contribution < -0.4 is 10.6 Å². The van der Waals surface area contributed by atoms with Crippen LogP contribution in [0.2, 0.25) is 0 Å². The van der Waals surface area contributed by atoms with E-state index in [9.17, 15) is 14.0 Å². The van der Waals surface area contributed by atoms with Crippen LogP contribution in [0.3, 0.4) is 0 Å². The summed E-state index contributed by atoms with van der Waals surface area (Å²) in [5, 5.41) is 5.66. The highest BCUT2D eigenvalue weighted by Gasteiger charge is 2.24. The monoisotopic (exact) mass is 321 g/mol. The summed E-state index contributed by atoms with van der Waals surface area (Å²) in [6.07, 6.45) is 4.38. The largest absolute Gasteiger partial charge is 0.352 e. The number of hydrogen-bond acceptors (Lipinski definition) is 3. The lowest BCUT2D eigenvalue weighted by molar-refractivity contribution is -0.127. The third-order valence-corrected chi connectivity index (χ3v) is 4.24. The second-order valence-electron chi connectivity index (χ2n) is 6.14. The van der Waals surface area contributed by atoms with E-state index >= 15 is 0 Å². The molecule has 1 atom stereocenters. The van der Waals surface area contributed by atoms with Gasteiger partial charge in [0.1, 0.15) is 5.82 Å². The number of likely N-dealkylation sites (N-methyl/N-ethyl adjacent to an activating group) is 1. The van der Waals surface area contributed by atoms with Crippen LogP contribution in [0.1, 0.15) is 32.6 Å². The van der Waals surface area contributed by atoms with Crippen molar-refractivity contribution in [1.29, 1.82) is 0 Å². The maximum atomic E-state index is 13.1. The Balaban J connectivity index is 1.80. The van der Waals surface area contributed by atoms with Gasteiger partial charge in [-0.25, -0.2) is 4.39 Å². The predicted octanol–water partition coefficient (Wildman–Crippen LogP) is 2.14. The van der Waals surface area contributed by atoms with Crippen LogP contribution in [0, 0.1) is 5.82 Å². The van der Waals surface area contributed by atoms with E-state index in [0.717, 1.165) is 25.7 Å². The minimum absolute atomic E-state index is 0.0574. The molecule has 23 heavy (non-hydrogen) atoms. The highest BCUT2D eigenvalue weighted by atomic mass is 19.1. The maximum absolute atomic E-state index is 13.1. The Morgan fingerprint density at radius 2 is 2.04 bits per heavy atom. The fourth-order valence-electron chi connectivity index (χ4n) is 2.72. The summed E-state index contributed by atoms with van der Waals surface area (Å²) in [6, 6.07) is 5.60. The molecular weight excluding hydrogens is 297 g/mol. The maximum Gasteiger partial charge on any atom is 0.238 e. The Hall–Kier alpha value is -1.95. The molecule has 2 rings (SSSR count). The standard InChI is InChI=1S/C17H24FN3O2/c1-12(17(23)20-14-7-3-4-8-14)21(2)11-16(22)19-15-9-5-6-13(18)10-15/h5-6,9-10,12,14H,3-4,7-8,11H2,1-2H3,(H,19,22)(H,20,23)/t12-/m1/s1.